The molecule has 1 aliphatic carbocycles. The normalized spacial score (nSPS) is 39.6. The third-order valence-corrected chi connectivity index (χ3v) is 7.87. The highest BCUT2D eigenvalue weighted by Gasteiger charge is 2.69. The number of carbonyl (C=O) groups is 1. The fraction of sp³-hybridized carbons (Fsp3) is 0.957. The minimum Gasteiger partial charge on any atom is -0.396 e. The van der Waals surface area contributed by atoms with Crippen molar-refractivity contribution in [3.05, 3.63) is 0 Å². The van der Waals surface area contributed by atoms with Crippen molar-refractivity contribution in [1.82, 2.24) is 10.6 Å². The van der Waals surface area contributed by atoms with Crippen LogP contribution in [0.1, 0.15) is 72.6 Å². The number of fused-ring (bicyclic) bond motifs is 1. The number of rotatable bonds is 10. The molecule has 8 unspecified atom stereocenters. The maximum atomic E-state index is 12.6. The van der Waals surface area contributed by atoms with Gasteiger partial charge in [0, 0.05) is 5.54 Å². The van der Waals surface area contributed by atoms with Crippen LogP contribution in [-0.4, -0.2) is 75.2 Å². The van der Waals surface area contributed by atoms with Gasteiger partial charge in [0.1, 0.15) is 0 Å². The molecular formula is C23H42N2O6. The Kier molecular flexibility index (Phi) is 7.41. The lowest BCUT2D eigenvalue weighted by Crippen LogP contribution is -2.62. The predicted molar refractivity (Wildman–Crippen MR) is 116 cm³/mol. The third-order valence-electron chi connectivity index (χ3n) is 7.87. The maximum Gasteiger partial charge on any atom is 0.237 e. The highest BCUT2D eigenvalue weighted by Crippen LogP contribution is 2.54. The first-order valence-corrected chi connectivity index (χ1v) is 11.9. The lowest BCUT2D eigenvalue weighted by Gasteiger charge is -2.50. The second-order valence-electron chi connectivity index (χ2n) is 11.0. The summed E-state index contributed by atoms with van der Waals surface area (Å²) in [5, 5.41) is 46.9. The van der Waals surface area contributed by atoms with E-state index in [0.717, 1.165) is 45.1 Å². The zero-order valence-corrected chi connectivity index (χ0v) is 19.4. The van der Waals surface area contributed by atoms with Crippen LogP contribution in [0.4, 0.5) is 0 Å². The summed E-state index contributed by atoms with van der Waals surface area (Å²) < 4.78 is 5.65. The summed E-state index contributed by atoms with van der Waals surface area (Å²) >= 11 is 0. The summed E-state index contributed by atoms with van der Waals surface area (Å²) in [4.78, 5) is 12.6. The lowest BCUT2D eigenvalue weighted by molar-refractivity contribution is -0.381. The molecule has 0 aromatic carbocycles. The number of amides is 1. The van der Waals surface area contributed by atoms with Crippen molar-refractivity contribution in [1.29, 1.82) is 0 Å². The first-order valence-electron chi connectivity index (χ1n) is 11.9. The molecule has 8 atom stereocenters. The molecule has 180 valence electrons. The van der Waals surface area contributed by atoms with Gasteiger partial charge in [-0.05, 0) is 57.4 Å². The van der Waals surface area contributed by atoms with Gasteiger partial charge in [-0.1, -0.05) is 27.2 Å². The van der Waals surface area contributed by atoms with Crippen LogP contribution in [0.2, 0.25) is 0 Å². The van der Waals surface area contributed by atoms with Crippen molar-refractivity contribution in [3.63, 3.8) is 0 Å². The summed E-state index contributed by atoms with van der Waals surface area (Å²) in [6.07, 6.45) is 3.46. The first kappa shape index (κ1) is 24.9. The molecule has 1 saturated carbocycles. The molecule has 8 heteroatoms. The van der Waals surface area contributed by atoms with Crippen LogP contribution in [0.5, 0.6) is 0 Å². The molecule has 2 heterocycles. The van der Waals surface area contributed by atoms with E-state index in [-0.39, 0.29) is 29.0 Å². The quantitative estimate of drug-likeness (QED) is 0.293. The molecule has 0 bridgehead atoms. The molecule has 0 aromatic rings. The average molecular weight is 443 g/mol. The first-order chi connectivity index (χ1) is 14.5. The summed E-state index contributed by atoms with van der Waals surface area (Å²) in [5.41, 5.74) is -0.291. The van der Waals surface area contributed by atoms with Gasteiger partial charge < -0.3 is 35.8 Å². The van der Waals surface area contributed by atoms with Crippen LogP contribution < -0.4 is 10.6 Å². The Balaban J connectivity index is 1.49. The number of ether oxygens (including phenoxy) is 1. The standard InChI is InChI=1S/C23H42N2O6/c1-5-22(4,25-20(29)15-8-7-11-24-15)13-21(2,3)10-6-9-16-17-19(28)18(27)14(12-26)23(17,30)31-16/h14-19,24,26-28,30H,5-13H2,1-4H3,(H,25,29). The van der Waals surface area contributed by atoms with E-state index in [1.807, 2.05) is 0 Å². The zero-order chi connectivity index (χ0) is 23.0. The van der Waals surface area contributed by atoms with Gasteiger partial charge in [0.25, 0.3) is 0 Å². The van der Waals surface area contributed by atoms with E-state index < -0.39 is 36.4 Å². The molecule has 3 rings (SSSR count). The molecule has 3 fully saturated rings. The third kappa shape index (κ3) is 4.94. The van der Waals surface area contributed by atoms with Crippen LogP contribution in [0, 0.1) is 17.3 Å². The molecule has 8 nitrogen and oxygen atoms in total. The van der Waals surface area contributed by atoms with E-state index >= 15 is 0 Å². The van der Waals surface area contributed by atoms with Gasteiger partial charge in [-0.2, -0.15) is 0 Å². The van der Waals surface area contributed by atoms with E-state index in [9.17, 15) is 25.2 Å². The number of carbonyl (C=O) groups excluding carboxylic acids is 1. The number of aliphatic hydroxyl groups excluding tert-OH is 3. The van der Waals surface area contributed by atoms with Gasteiger partial charge in [0.05, 0.1) is 42.8 Å². The molecule has 0 radical (unpaired) electrons. The molecule has 2 saturated heterocycles. The molecule has 6 N–H and O–H groups in total. The second kappa shape index (κ2) is 9.23. The van der Waals surface area contributed by atoms with Crippen molar-refractivity contribution >= 4 is 5.91 Å². The van der Waals surface area contributed by atoms with Crippen LogP contribution >= 0.6 is 0 Å². The van der Waals surface area contributed by atoms with Crippen LogP contribution in [0.25, 0.3) is 0 Å². The Hall–Kier alpha value is -0.770. The zero-order valence-electron chi connectivity index (χ0n) is 19.4. The average Bonchev–Trinajstić information content (AvgIpc) is 3.25. The van der Waals surface area contributed by atoms with Gasteiger partial charge in [0.15, 0.2) is 5.79 Å². The Bertz CT molecular complexity index is 640. The highest BCUT2D eigenvalue weighted by atomic mass is 16.7. The van der Waals surface area contributed by atoms with Gasteiger partial charge in [-0.3, -0.25) is 4.79 Å². The predicted octanol–water partition coefficient (Wildman–Crippen LogP) is 0.657. The molecular weight excluding hydrogens is 400 g/mol. The Morgan fingerprint density at radius 1 is 1.26 bits per heavy atom. The summed E-state index contributed by atoms with van der Waals surface area (Å²) in [5.74, 6) is -2.98. The SMILES string of the molecule is CCC(C)(CC(C)(C)CCCC1OC2(O)C(CO)C(O)C(O)C12)NC(=O)C1CCCN1. The van der Waals surface area contributed by atoms with Crippen LogP contribution in [0.3, 0.4) is 0 Å². The maximum absolute atomic E-state index is 12.6. The Morgan fingerprint density at radius 2 is 1.97 bits per heavy atom. The van der Waals surface area contributed by atoms with Crippen LogP contribution in [0.15, 0.2) is 0 Å². The largest absolute Gasteiger partial charge is 0.396 e. The highest BCUT2D eigenvalue weighted by molar-refractivity contribution is 5.82. The van der Waals surface area contributed by atoms with E-state index in [2.05, 4.69) is 38.3 Å². The smallest absolute Gasteiger partial charge is 0.237 e. The summed E-state index contributed by atoms with van der Waals surface area (Å²) in [6, 6.07) is -0.0839. The van der Waals surface area contributed by atoms with E-state index in [1.165, 1.54) is 0 Å². The number of nitrogens with one attached hydrogen (secondary N) is 2. The Morgan fingerprint density at radius 3 is 2.55 bits per heavy atom. The van der Waals surface area contributed by atoms with E-state index in [0.29, 0.717) is 6.42 Å². The van der Waals surface area contributed by atoms with E-state index in [4.69, 9.17) is 4.74 Å². The number of hydrogen-bond donors (Lipinski definition) is 6. The summed E-state index contributed by atoms with van der Waals surface area (Å²) in [7, 11) is 0. The monoisotopic (exact) mass is 442 g/mol. The lowest BCUT2D eigenvalue weighted by atomic mass is 9.74. The second-order valence-corrected chi connectivity index (χ2v) is 11.0. The molecule has 31 heavy (non-hydrogen) atoms. The minimum atomic E-state index is -1.63. The fourth-order valence-corrected chi connectivity index (χ4v) is 6.04. The van der Waals surface area contributed by atoms with Crippen molar-refractivity contribution < 1.29 is 30.0 Å². The molecule has 0 spiro atoms. The molecule has 0 aromatic heterocycles. The van der Waals surface area contributed by atoms with Crippen molar-refractivity contribution in [3.8, 4) is 0 Å². The van der Waals surface area contributed by atoms with Crippen molar-refractivity contribution in [2.75, 3.05) is 13.2 Å². The van der Waals surface area contributed by atoms with E-state index in [1.54, 1.807) is 0 Å². The van der Waals surface area contributed by atoms with Gasteiger partial charge in [0.2, 0.25) is 5.91 Å². The topological polar surface area (TPSA) is 131 Å². The minimum absolute atomic E-state index is 0.0113. The Labute approximate surface area is 185 Å². The number of hydrogen-bond acceptors (Lipinski definition) is 7. The van der Waals surface area contributed by atoms with Gasteiger partial charge in [-0.25, -0.2) is 0 Å². The van der Waals surface area contributed by atoms with Gasteiger partial charge in [-0.15, -0.1) is 0 Å². The van der Waals surface area contributed by atoms with Crippen molar-refractivity contribution in [2.45, 2.75) is 108 Å². The van der Waals surface area contributed by atoms with Gasteiger partial charge >= 0.3 is 0 Å². The number of aliphatic hydroxyl groups is 4. The fourth-order valence-electron chi connectivity index (χ4n) is 6.04. The summed E-state index contributed by atoms with van der Waals surface area (Å²) in [6.45, 7) is 9.09. The molecule has 1 amide bonds. The molecule has 3 aliphatic rings. The van der Waals surface area contributed by atoms with Crippen LogP contribution in [-0.2, 0) is 9.53 Å². The molecule has 2 aliphatic heterocycles. The van der Waals surface area contributed by atoms with Crippen molar-refractivity contribution in [2.24, 2.45) is 17.3 Å².